The van der Waals surface area contributed by atoms with Crippen LogP contribution >= 0.6 is 22.6 Å². The molecule has 0 aliphatic rings. The van der Waals surface area contributed by atoms with Crippen LogP contribution in [0.15, 0.2) is 30.5 Å². The van der Waals surface area contributed by atoms with Crippen molar-refractivity contribution in [3.05, 3.63) is 55.7 Å². The van der Waals surface area contributed by atoms with Crippen LogP contribution in [0.25, 0.3) is 0 Å². The second-order valence-corrected chi connectivity index (χ2v) is 5.03. The number of halogens is 1. The number of aromatic nitrogens is 2. The summed E-state index contributed by atoms with van der Waals surface area (Å²) >= 11 is 2.07. The van der Waals surface area contributed by atoms with Crippen molar-refractivity contribution in [3.63, 3.8) is 0 Å². The molecule has 0 fully saturated rings. The average molecular weight is 370 g/mol. The Kier molecular flexibility index (Phi) is 4.25. The van der Waals surface area contributed by atoms with Gasteiger partial charge in [0.15, 0.2) is 0 Å². The molecule has 0 aliphatic carbocycles. The summed E-state index contributed by atoms with van der Waals surface area (Å²) in [4.78, 5) is 18.6. The number of aryl methyl sites for hydroxylation is 1. The maximum Gasteiger partial charge on any atom is 0.270 e. The lowest BCUT2D eigenvalue weighted by atomic mass is 10.3. The maximum atomic E-state index is 10.6. The first-order chi connectivity index (χ1) is 9.06. The van der Waals surface area contributed by atoms with Gasteiger partial charge in [0, 0.05) is 27.6 Å². The van der Waals surface area contributed by atoms with Crippen molar-refractivity contribution in [2.75, 3.05) is 5.32 Å². The molecular formula is C12H11IN4O2. The van der Waals surface area contributed by atoms with E-state index in [0.717, 1.165) is 20.8 Å². The third kappa shape index (κ3) is 3.60. The fourth-order valence-corrected chi connectivity index (χ4v) is 2.24. The third-order valence-corrected chi connectivity index (χ3v) is 3.35. The van der Waals surface area contributed by atoms with Gasteiger partial charge in [0.25, 0.3) is 5.69 Å². The number of rotatable bonds is 4. The zero-order chi connectivity index (χ0) is 13.8. The lowest BCUT2D eigenvalue weighted by molar-refractivity contribution is -0.384. The first-order valence-corrected chi connectivity index (χ1v) is 6.60. The van der Waals surface area contributed by atoms with Crippen molar-refractivity contribution < 1.29 is 4.92 Å². The molecule has 1 heterocycles. The first-order valence-electron chi connectivity index (χ1n) is 5.52. The lowest BCUT2D eigenvalue weighted by Crippen LogP contribution is -2.04. The molecule has 2 rings (SSSR count). The summed E-state index contributed by atoms with van der Waals surface area (Å²) < 4.78 is 0.803. The summed E-state index contributed by atoms with van der Waals surface area (Å²) in [5.41, 5.74) is 1.82. The van der Waals surface area contributed by atoms with Crippen molar-refractivity contribution in [1.82, 2.24) is 9.97 Å². The topological polar surface area (TPSA) is 81.0 Å². The van der Waals surface area contributed by atoms with Crippen LogP contribution in [-0.2, 0) is 6.54 Å². The molecule has 0 atom stereocenters. The van der Waals surface area contributed by atoms with Crippen LogP contribution in [0.4, 0.5) is 11.4 Å². The van der Waals surface area contributed by atoms with E-state index in [0.29, 0.717) is 6.54 Å². The summed E-state index contributed by atoms with van der Waals surface area (Å²) in [6, 6.07) is 6.55. The van der Waals surface area contributed by atoms with E-state index in [1.54, 1.807) is 12.3 Å². The minimum absolute atomic E-state index is 0.0906. The normalized spacial score (nSPS) is 10.2. The highest BCUT2D eigenvalue weighted by atomic mass is 127. The minimum Gasteiger partial charge on any atom is -0.379 e. The Morgan fingerprint density at radius 2 is 2.21 bits per heavy atom. The summed E-state index contributed by atoms with van der Waals surface area (Å²) in [5.74, 6) is 0.720. The fourth-order valence-electron chi connectivity index (χ4n) is 1.55. The van der Waals surface area contributed by atoms with E-state index in [1.807, 2.05) is 13.0 Å². The first kappa shape index (κ1) is 13.7. The number of nitrogens with zero attached hydrogens (tertiary/aromatic N) is 3. The van der Waals surface area contributed by atoms with E-state index in [2.05, 4.69) is 37.9 Å². The van der Waals surface area contributed by atoms with Gasteiger partial charge < -0.3 is 5.32 Å². The second-order valence-electron chi connectivity index (χ2n) is 3.87. The molecule has 0 spiro atoms. The predicted molar refractivity (Wildman–Crippen MR) is 79.9 cm³/mol. The van der Waals surface area contributed by atoms with Crippen LogP contribution < -0.4 is 5.32 Å². The Bertz CT molecular complexity index is 618. The molecule has 0 unspecified atom stereocenters. The minimum atomic E-state index is -0.403. The molecule has 1 aromatic heterocycles. The van der Waals surface area contributed by atoms with E-state index in [-0.39, 0.29) is 5.69 Å². The Morgan fingerprint density at radius 3 is 2.84 bits per heavy atom. The van der Waals surface area contributed by atoms with Crippen LogP contribution in [0, 0.1) is 20.6 Å². The monoisotopic (exact) mass is 370 g/mol. The average Bonchev–Trinajstić information content (AvgIpc) is 2.37. The van der Waals surface area contributed by atoms with Gasteiger partial charge in [-0.25, -0.2) is 9.97 Å². The van der Waals surface area contributed by atoms with E-state index >= 15 is 0 Å². The molecule has 1 N–H and O–H groups in total. The lowest BCUT2D eigenvalue weighted by Gasteiger charge is -2.08. The van der Waals surface area contributed by atoms with E-state index < -0.39 is 4.92 Å². The highest BCUT2D eigenvalue weighted by Gasteiger charge is 2.08. The summed E-state index contributed by atoms with van der Waals surface area (Å²) in [7, 11) is 0. The molecule has 2 aromatic rings. The molecule has 0 saturated carbocycles. The van der Waals surface area contributed by atoms with Gasteiger partial charge >= 0.3 is 0 Å². The number of benzene rings is 1. The van der Waals surface area contributed by atoms with Crippen molar-refractivity contribution >= 4 is 34.0 Å². The van der Waals surface area contributed by atoms with Gasteiger partial charge in [-0.05, 0) is 41.6 Å². The van der Waals surface area contributed by atoms with E-state index in [1.165, 1.54) is 12.1 Å². The molecule has 0 aliphatic heterocycles. The zero-order valence-corrected chi connectivity index (χ0v) is 12.3. The molecule has 6 nitrogen and oxygen atoms in total. The van der Waals surface area contributed by atoms with Crippen molar-refractivity contribution in [2.24, 2.45) is 0 Å². The van der Waals surface area contributed by atoms with Crippen LogP contribution in [0.1, 0.15) is 11.5 Å². The van der Waals surface area contributed by atoms with Crippen LogP contribution in [0.5, 0.6) is 0 Å². The summed E-state index contributed by atoms with van der Waals surface area (Å²) in [6.07, 6.45) is 1.71. The number of nitro benzene ring substituents is 1. The summed E-state index contributed by atoms with van der Waals surface area (Å²) in [6.45, 7) is 2.39. The molecule has 0 amide bonds. The number of nitrogens with one attached hydrogen (secondary N) is 1. The second kappa shape index (κ2) is 5.91. The Labute approximate surface area is 123 Å². The maximum absolute atomic E-state index is 10.6. The highest BCUT2D eigenvalue weighted by molar-refractivity contribution is 14.1. The molecule has 98 valence electrons. The number of non-ortho nitro benzene ring substituents is 1. The van der Waals surface area contributed by atoms with E-state index in [9.17, 15) is 10.1 Å². The zero-order valence-electron chi connectivity index (χ0n) is 10.1. The van der Waals surface area contributed by atoms with Gasteiger partial charge in [-0.2, -0.15) is 0 Å². The van der Waals surface area contributed by atoms with Gasteiger partial charge in [0.1, 0.15) is 5.82 Å². The predicted octanol–water partition coefficient (Wildman–Crippen LogP) is 2.91. The number of hydrogen-bond acceptors (Lipinski definition) is 5. The Balaban J connectivity index is 2.10. The largest absolute Gasteiger partial charge is 0.379 e. The Morgan fingerprint density at radius 1 is 1.42 bits per heavy atom. The van der Waals surface area contributed by atoms with Crippen LogP contribution in [-0.4, -0.2) is 14.9 Å². The smallest absolute Gasteiger partial charge is 0.270 e. The molecule has 19 heavy (non-hydrogen) atoms. The Hall–Kier alpha value is -1.77. The molecule has 0 bridgehead atoms. The number of anilines is 1. The van der Waals surface area contributed by atoms with Gasteiger partial charge in [0.05, 0.1) is 17.2 Å². The fraction of sp³-hybridized carbons (Fsp3) is 0.167. The molecule has 0 radical (unpaired) electrons. The van der Waals surface area contributed by atoms with Gasteiger partial charge in [-0.3, -0.25) is 10.1 Å². The quantitative estimate of drug-likeness (QED) is 0.509. The highest BCUT2D eigenvalue weighted by Crippen LogP contribution is 2.23. The number of hydrogen-bond donors (Lipinski definition) is 1. The SMILES string of the molecule is Cc1nccc(CNc2ccc([N+](=O)[O-])cc2I)n1. The standard InChI is InChI=1S/C12H11IN4O2/c1-8-14-5-4-9(16-8)7-15-12-3-2-10(17(18)19)6-11(12)13/h2-6,15H,7H2,1H3. The third-order valence-electron chi connectivity index (χ3n) is 2.46. The molecule has 1 aromatic carbocycles. The van der Waals surface area contributed by atoms with Crippen LogP contribution in [0.3, 0.4) is 0 Å². The van der Waals surface area contributed by atoms with Crippen molar-refractivity contribution in [3.8, 4) is 0 Å². The molecular weight excluding hydrogens is 359 g/mol. The van der Waals surface area contributed by atoms with Crippen LogP contribution in [0.2, 0.25) is 0 Å². The van der Waals surface area contributed by atoms with Crippen molar-refractivity contribution in [2.45, 2.75) is 13.5 Å². The molecule has 7 heteroatoms. The van der Waals surface area contributed by atoms with Gasteiger partial charge in [-0.15, -0.1) is 0 Å². The van der Waals surface area contributed by atoms with Gasteiger partial charge in [-0.1, -0.05) is 0 Å². The van der Waals surface area contributed by atoms with Crippen molar-refractivity contribution in [1.29, 1.82) is 0 Å². The summed E-state index contributed by atoms with van der Waals surface area (Å²) in [5, 5.41) is 13.8. The van der Waals surface area contributed by atoms with Gasteiger partial charge in [0.2, 0.25) is 0 Å². The molecule has 0 saturated heterocycles. The van der Waals surface area contributed by atoms with E-state index in [4.69, 9.17) is 0 Å². The number of nitro groups is 1.